The second kappa shape index (κ2) is 7.10. The van der Waals surface area contributed by atoms with E-state index >= 15 is 0 Å². The number of alkyl halides is 3. The van der Waals surface area contributed by atoms with E-state index in [9.17, 15) is 26.4 Å². The fourth-order valence-corrected chi connectivity index (χ4v) is 4.33. The van der Waals surface area contributed by atoms with Crippen molar-refractivity contribution < 1.29 is 31.1 Å². The molecule has 1 fully saturated rings. The molecule has 2 rings (SSSR count). The zero-order chi connectivity index (χ0) is 18.0. The molecular weight excluding hydrogens is 347 g/mol. The number of hydrogen-bond donors (Lipinski definition) is 0. The van der Waals surface area contributed by atoms with Crippen LogP contribution in [0.4, 0.5) is 13.2 Å². The highest BCUT2D eigenvalue weighted by Crippen LogP contribution is 2.32. The zero-order valence-corrected chi connectivity index (χ0v) is 13.9. The minimum absolute atomic E-state index is 0.0715. The van der Waals surface area contributed by atoms with Gasteiger partial charge in [-0.15, -0.1) is 0 Å². The van der Waals surface area contributed by atoms with Crippen molar-refractivity contribution in [2.45, 2.75) is 43.3 Å². The van der Waals surface area contributed by atoms with Gasteiger partial charge in [0.15, 0.2) is 0 Å². The van der Waals surface area contributed by atoms with Gasteiger partial charge in [-0.25, -0.2) is 8.42 Å². The van der Waals surface area contributed by atoms with E-state index in [4.69, 9.17) is 4.74 Å². The Balaban J connectivity index is 2.39. The summed E-state index contributed by atoms with van der Waals surface area (Å²) in [7, 11) is -4.22. The lowest BCUT2D eigenvalue weighted by molar-refractivity contribution is -0.148. The molecule has 1 aromatic carbocycles. The Bertz CT molecular complexity index is 703. The van der Waals surface area contributed by atoms with Crippen LogP contribution in [-0.4, -0.2) is 37.9 Å². The Morgan fingerprint density at radius 3 is 2.67 bits per heavy atom. The molecule has 134 valence electrons. The summed E-state index contributed by atoms with van der Waals surface area (Å²) in [6.07, 6.45) is -3.17. The summed E-state index contributed by atoms with van der Waals surface area (Å²) < 4.78 is 69.8. The molecule has 0 N–H and O–H groups in total. The number of benzene rings is 1. The Kier molecular flexibility index (Phi) is 5.54. The summed E-state index contributed by atoms with van der Waals surface area (Å²) in [6.45, 7) is 1.78. The summed E-state index contributed by atoms with van der Waals surface area (Å²) >= 11 is 0. The number of carbonyl (C=O) groups is 1. The van der Waals surface area contributed by atoms with Gasteiger partial charge in [0.25, 0.3) is 0 Å². The number of nitrogens with zero attached hydrogens (tertiary/aromatic N) is 1. The van der Waals surface area contributed by atoms with E-state index in [0.717, 1.165) is 22.5 Å². The lowest BCUT2D eigenvalue weighted by Gasteiger charge is -2.33. The molecule has 0 amide bonds. The molecule has 0 spiro atoms. The first kappa shape index (κ1) is 18.7. The lowest BCUT2D eigenvalue weighted by atomic mass is 10.1. The molecule has 1 aliphatic rings. The van der Waals surface area contributed by atoms with Crippen LogP contribution in [0, 0.1) is 0 Å². The van der Waals surface area contributed by atoms with Gasteiger partial charge in [0, 0.05) is 6.54 Å². The molecule has 9 heteroatoms. The first-order valence-corrected chi connectivity index (χ1v) is 8.97. The molecule has 5 nitrogen and oxygen atoms in total. The summed E-state index contributed by atoms with van der Waals surface area (Å²) in [4.78, 5) is 11.5. The van der Waals surface area contributed by atoms with Crippen molar-refractivity contribution >= 4 is 16.0 Å². The Morgan fingerprint density at radius 1 is 1.33 bits per heavy atom. The van der Waals surface area contributed by atoms with Gasteiger partial charge in [-0.1, -0.05) is 6.07 Å². The van der Waals surface area contributed by atoms with Gasteiger partial charge in [0.1, 0.15) is 6.04 Å². The van der Waals surface area contributed by atoms with Crippen molar-refractivity contribution in [2.75, 3.05) is 13.2 Å². The number of sulfonamides is 1. The largest absolute Gasteiger partial charge is 0.465 e. The smallest absolute Gasteiger partial charge is 0.416 e. The SMILES string of the molecule is CCOC(=O)C1CCCCN1S(=O)(=O)c1cccc(C(F)(F)F)c1. The highest BCUT2D eigenvalue weighted by Gasteiger charge is 2.39. The highest BCUT2D eigenvalue weighted by atomic mass is 32.2. The van der Waals surface area contributed by atoms with E-state index in [2.05, 4.69) is 0 Å². The van der Waals surface area contributed by atoms with Crippen molar-refractivity contribution in [2.24, 2.45) is 0 Å². The topological polar surface area (TPSA) is 63.7 Å². The molecule has 0 aromatic heterocycles. The minimum atomic E-state index is -4.64. The normalized spacial score (nSPS) is 19.9. The Morgan fingerprint density at radius 2 is 2.04 bits per heavy atom. The molecule has 1 saturated heterocycles. The second-order valence-electron chi connectivity index (χ2n) is 5.40. The van der Waals surface area contributed by atoms with E-state index in [-0.39, 0.29) is 19.6 Å². The fourth-order valence-electron chi connectivity index (χ4n) is 2.63. The summed E-state index contributed by atoms with van der Waals surface area (Å²) in [6, 6.07) is 2.53. The minimum Gasteiger partial charge on any atom is -0.465 e. The number of esters is 1. The number of hydrogen-bond acceptors (Lipinski definition) is 4. The van der Waals surface area contributed by atoms with Crippen LogP contribution in [0.5, 0.6) is 0 Å². The third kappa shape index (κ3) is 3.89. The molecule has 0 radical (unpaired) electrons. The van der Waals surface area contributed by atoms with Crippen LogP contribution >= 0.6 is 0 Å². The van der Waals surface area contributed by atoms with E-state index < -0.39 is 38.7 Å². The highest BCUT2D eigenvalue weighted by molar-refractivity contribution is 7.89. The number of rotatable bonds is 4. The maximum atomic E-state index is 12.8. The van der Waals surface area contributed by atoms with Crippen LogP contribution in [-0.2, 0) is 25.7 Å². The third-order valence-electron chi connectivity index (χ3n) is 3.78. The standard InChI is InChI=1S/C15H18F3NO4S/c1-2-23-14(20)13-8-3-4-9-19(13)24(21,22)12-7-5-6-11(10-12)15(16,17)18/h5-7,10,13H,2-4,8-9H2,1H3. The van der Waals surface area contributed by atoms with Crippen molar-refractivity contribution in [1.29, 1.82) is 0 Å². The van der Waals surface area contributed by atoms with Crippen LogP contribution in [0.3, 0.4) is 0 Å². The van der Waals surface area contributed by atoms with Crippen LogP contribution in [0.25, 0.3) is 0 Å². The van der Waals surface area contributed by atoms with Crippen molar-refractivity contribution in [3.63, 3.8) is 0 Å². The van der Waals surface area contributed by atoms with Gasteiger partial charge in [-0.05, 0) is 44.4 Å². The van der Waals surface area contributed by atoms with Gasteiger partial charge in [-0.3, -0.25) is 4.79 Å². The Labute approximate surface area is 138 Å². The third-order valence-corrected chi connectivity index (χ3v) is 5.68. The monoisotopic (exact) mass is 365 g/mol. The maximum absolute atomic E-state index is 12.8. The van der Waals surface area contributed by atoms with Gasteiger partial charge in [0.2, 0.25) is 10.0 Å². The molecule has 1 aliphatic heterocycles. The number of ether oxygens (including phenoxy) is 1. The first-order chi connectivity index (χ1) is 11.2. The summed E-state index contributed by atoms with van der Waals surface area (Å²) in [5, 5.41) is 0. The van der Waals surface area contributed by atoms with E-state index in [1.165, 1.54) is 0 Å². The Hall–Kier alpha value is -1.61. The van der Waals surface area contributed by atoms with Gasteiger partial charge in [-0.2, -0.15) is 17.5 Å². The summed E-state index contributed by atoms with van der Waals surface area (Å²) in [5.41, 5.74) is -1.05. The lowest BCUT2D eigenvalue weighted by Crippen LogP contribution is -2.48. The van der Waals surface area contributed by atoms with E-state index in [0.29, 0.717) is 18.9 Å². The van der Waals surface area contributed by atoms with Crippen LogP contribution in [0.1, 0.15) is 31.7 Å². The van der Waals surface area contributed by atoms with Crippen molar-refractivity contribution in [1.82, 2.24) is 4.31 Å². The number of halogens is 3. The van der Waals surface area contributed by atoms with Crippen LogP contribution in [0.15, 0.2) is 29.2 Å². The van der Waals surface area contributed by atoms with Crippen molar-refractivity contribution in [3.05, 3.63) is 29.8 Å². The number of piperidine rings is 1. The molecule has 0 saturated carbocycles. The van der Waals surface area contributed by atoms with Gasteiger partial charge >= 0.3 is 12.1 Å². The van der Waals surface area contributed by atoms with Crippen LogP contribution in [0.2, 0.25) is 0 Å². The predicted molar refractivity (Wildman–Crippen MR) is 79.6 cm³/mol. The molecule has 1 heterocycles. The molecule has 0 bridgehead atoms. The van der Waals surface area contributed by atoms with E-state index in [1.54, 1.807) is 6.92 Å². The predicted octanol–water partition coefficient (Wildman–Crippen LogP) is 2.81. The quantitative estimate of drug-likeness (QED) is 0.770. The summed E-state index contributed by atoms with van der Waals surface area (Å²) in [5.74, 6) is -0.673. The zero-order valence-electron chi connectivity index (χ0n) is 13.0. The molecule has 1 unspecified atom stereocenters. The fraction of sp³-hybridized carbons (Fsp3) is 0.533. The first-order valence-electron chi connectivity index (χ1n) is 7.53. The van der Waals surface area contributed by atoms with E-state index in [1.807, 2.05) is 0 Å². The maximum Gasteiger partial charge on any atom is 0.416 e. The average Bonchev–Trinajstić information content (AvgIpc) is 2.54. The second-order valence-corrected chi connectivity index (χ2v) is 7.30. The van der Waals surface area contributed by atoms with Crippen LogP contribution < -0.4 is 0 Å². The van der Waals surface area contributed by atoms with Crippen molar-refractivity contribution in [3.8, 4) is 0 Å². The molecule has 1 atom stereocenters. The molecule has 0 aliphatic carbocycles. The van der Waals surface area contributed by atoms with Gasteiger partial charge < -0.3 is 4.74 Å². The van der Waals surface area contributed by atoms with Gasteiger partial charge in [0.05, 0.1) is 17.1 Å². The molecular formula is C15H18F3NO4S. The molecule has 1 aromatic rings. The average molecular weight is 365 g/mol. The molecule has 24 heavy (non-hydrogen) atoms. The number of carbonyl (C=O) groups excluding carboxylic acids is 1.